The molecule has 0 radical (unpaired) electrons. The minimum absolute atomic E-state index is 0.353. The minimum atomic E-state index is -1.29. The molecule has 1 amide bonds. The van der Waals surface area contributed by atoms with Crippen molar-refractivity contribution in [3.8, 4) is 0 Å². The molecule has 0 rings (SSSR count). The lowest BCUT2D eigenvalue weighted by Crippen LogP contribution is -2.53. The van der Waals surface area contributed by atoms with E-state index in [1.54, 1.807) is 0 Å². The summed E-state index contributed by atoms with van der Waals surface area (Å²) < 4.78 is 0. The summed E-state index contributed by atoms with van der Waals surface area (Å²) >= 11 is 0. The van der Waals surface area contributed by atoms with Crippen LogP contribution in [0.4, 0.5) is 0 Å². The SMILES string of the molecule is CCCCCCCC/C=C/CC/C=C/CCCC(O)C(O)C(CO)NC(=O)C(O)CCCCCCCC/C=C\CCCCCCCCCCCC. The molecule has 0 aromatic carbocycles. The molecule has 0 saturated heterocycles. The van der Waals surface area contributed by atoms with Crippen LogP contribution in [0, 0.1) is 0 Å². The number of allylic oxidation sites excluding steroid dienone is 6. The third-order valence-electron chi connectivity index (χ3n) is 10.1. The molecule has 0 spiro atoms. The van der Waals surface area contributed by atoms with Gasteiger partial charge in [0.05, 0.1) is 18.8 Å². The number of carbonyl (C=O) groups excluding carboxylic acids is 1. The van der Waals surface area contributed by atoms with Gasteiger partial charge >= 0.3 is 0 Å². The number of hydrogen-bond donors (Lipinski definition) is 5. The number of aliphatic hydroxyl groups excluding tert-OH is 4. The maximum absolute atomic E-state index is 12.5. The summed E-state index contributed by atoms with van der Waals surface area (Å²) in [6.07, 6.45) is 46.0. The largest absolute Gasteiger partial charge is 0.394 e. The van der Waals surface area contributed by atoms with E-state index in [0.29, 0.717) is 19.3 Å². The first-order valence-corrected chi connectivity index (χ1v) is 21.9. The van der Waals surface area contributed by atoms with E-state index < -0.39 is 36.9 Å². The predicted octanol–water partition coefficient (Wildman–Crippen LogP) is 11.3. The summed E-state index contributed by atoms with van der Waals surface area (Å²) in [7, 11) is 0. The quantitative estimate of drug-likeness (QED) is 0.0321. The first kappa shape index (κ1) is 49.5. The molecule has 0 aromatic heterocycles. The van der Waals surface area contributed by atoms with Gasteiger partial charge in [0.15, 0.2) is 0 Å². The molecule has 0 heterocycles. The van der Waals surface area contributed by atoms with Crippen molar-refractivity contribution in [2.45, 2.75) is 237 Å². The molecule has 4 atom stereocenters. The zero-order valence-corrected chi connectivity index (χ0v) is 33.6. The van der Waals surface area contributed by atoms with Crippen molar-refractivity contribution in [2.24, 2.45) is 0 Å². The highest BCUT2D eigenvalue weighted by Gasteiger charge is 2.28. The molecule has 0 aliphatic rings. The van der Waals surface area contributed by atoms with Gasteiger partial charge in [0, 0.05) is 0 Å². The van der Waals surface area contributed by atoms with Gasteiger partial charge in [-0.3, -0.25) is 4.79 Å². The average Bonchev–Trinajstić information content (AvgIpc) is 3.13. The maximum atomic E-state index is 12.5. The monoisotopic (exact) mass is 720 g/mol. The Hall–Kier alpha value is -1.47. The van der Waals surface area contributed by atoms with Gasteiger partial charge in [0.25, 0.3) is 0 Å². The molecule has 0 fully saturated rings. The molecule has 5 N–H and O–H groups in total. The van der Waals surface area contributed by atoms with Crippen molar-refractivity contribution in [3.63, 3.8) is 0 Å². The summed E-state index contributed by atoms with van der Waals surface area (Å²) in [4.78, 5) is 12.5. The second-order valence-electron chi connectivity index (χ2n) is 15.0. The first-order chi connectivity index (χ1) is 25.0. The third-order valence-corrected chi connectivity index (χ3v) is 10.1. The van der Waals surface area contributed by atoms with Gasteiger partial charge in [-0.15, -0.1) is 0 Å². The van der Waals surface area contributed by atoms with E-state index in [1.165, 1.54) is 128 Å². The van der Waals surface area contributed by atoms with E-state index >= 15 is 0 Å². The summed E-state index contributed by atoms with van der Waals surface area (Å²) in [5.74, 6) is -0.603. The number of hydrogen-bond acceptors (Lipinski definition) is 5. The van der Waals surface area contributed by atoms with Crippen LogP contribution in [-0.4, -0.2) is 57.3 Å². The Labute approximate surface area is 316 Å². The van der Waals surface area contributed by atoms with Crippen molar-refractivity contribution in [1.29, 1.82) is 0 Å². The Morgan fingerprint density at radius 2 is 0.824 bits per heavy atom. The number of nitrogens with one attached hydrogen (secondary N) is 1. The lowest BCUT2D eigenvalue weighted by Gasteiger charge is -2.27. The van der Waals surface area contributed by atoms with Crippen LogP contribution in [0.25, 0.3) is 0 Å². The second-order valence-corrected chi connectivity index (χ2v) is 15.0. The van der Waals surface area contributed by atoms with Gasteiger partial charge in [-0.2, -0.15) is 0 Å². The van der Waals surface area contributed by atoms with Crippen molar-refractivity contribution in [3.05, 3.63) is 36.5 Å². The van der Waals surface area contributed by atoms with Crippen LogP contribution in [0.2, 0.25) is 0 Å². The van der Waals surface area contributed by atoms with E-state index in [2.05, 4.69) is 55.6 Å². The van der Waals surface area contributed by atoms with E-state index in [0.717, 1.165) is 51.4 Å². The average molecular weight is 720 g/mol. The summed E-state index contributed by atoms with van der Waals surface area (Å²) in [6, 6.07) is -1.01. The highest BCUT2D eigenvalue weighted by Crippen LogP contribution is 2.14. The summed E-state index contributed by atoms with van der Waals surface area (Å²) in [6.45, 7) is 4.02. The molecule has 6 heteroatoms. The van der Waals surface area contributed by atoms with Crippen LogP contribution in [0.3, 0.4) is 0 Å². The van der Waals surface area contributed by atoms with Crippen LogP contribution in [-0.2, 0) is 4.79 Å². The first-order valence-electron chi connectivity index (χ1n) is 21.9. The Morgan fingerprint density at radius 1 is 0.471 bits per heavy atom. The van der Waals surface area contributed by atoms with E-state index in [-0.39, 0.29) is 0 Å². The highest BCUT2D eigenvalue weighted by atomic mass is 16.3. The van der Waals surface area contributed by atoms with Crippen LogP contribution in [0.5, 0.6) is 0 Å². The molecule has 0 aliphatic heterocycles. The molecule has 0 bridgehead atoms. The van der Waals surface area contributed by atoms with Crippen LogP contribution in [0.1, 0.15) is 213 Å². The number of carbonyl (C=O) groups is 1. The van der Waals surface area contributed by atoms with Crippen molar-refractivity contribution in [1.82, 2.24) is 5.32 Å². The zero-order valence-electron chi connectivity index (χ0n) is 33.6. The molecule has 300 valence electrons. The fraction of sp³-hybridized carbons (Fsp3) is 0.844. The standard InChI is InChI=1S/C45H85NO5/c1-3-5-7-9-11-13-15-17-19-20-21-22-23-25-27-29-31-33-35-37-39-43(49)45(51)46-41(40-47)44(50)42(48)38-36-34-32-30-28-26-24-18-16-14-12-10-8-6-4-2/h18,22-24,30,32,41-44,47-50H,3-17,19-21,25-29,31,33-40H2,1-2H3,(H,46,51)/b23-22-,24-18+,32-30+. The van der Waals surface area contributed by atoms with Crippen molar-refractivity contribution in [2.75, 3.05) is 6.61 Å². The minimum Gasteiger partial charge on any atom is -0.394 e. The molecule has 51 heavy (non-hydrogen) atoms. The van der Waals surface area contributed by atoms with Crippen LogP contribution >= 0.6 is 0 Å². The Kier molecular flexibility index (Phi) is 38.6. The smallest absolute Gasteiger partial charge is 0.249 e. The number of aliphatic hydroxyl groups is 4. The Bertz CT molecular complexity index is 812. The van der Waals surface area contributed by atoms with Gasteiger partial charge in [0.1, 0.15) is 12.2 Å². The van der Waals surface area contributed by atoms with E-state index in [9.17, 15) is 25.2 Å². The van der Waals surface area contributed by atoms with Gasteiger partial charge in [-0.25, -0.2) is 0 Å². The fourth-order valence-corrected chi connectivity index (χ4v) is 6.53. The lowest BCUT2D eigenvalue weighted by atomic mass is 10.00. The van der Waals surface area contributed by atoms with Crippen LogP contribution < -0.4 is 5.32 Å². The van der Waals surface area contributed by atoms with Crippen molar-refractivity contribution < 1.29 is 25.2 Å². The van der Waals surface area contributed by atoms with Gasteiger partial charge in [-0.05, 0) is 77.0 Å². The normalized spacial score (nSPS) is 14.5. The van der Waals surface area contributed by atoms with Gasteiger partial charge < -0.3 is 25.7 Å². The predicted molar refractivity (Wildman–Crippen MR) is 219 cm³/mol. The molecule has 0 aliphatic carbocycles. The maximum Gasteiger partial charge on any atom is 0.249 e. The van der Waals surface area contributed by atoms with E-state index in [1.807, 2.05) is 0 Å². The summed E-state index contributed by atoms with van der Waals surface area (Å²) in [5.41, 5.74) is 0. The Balaban J connectivity index is 3.81. The number of rotatable bonds is 39. The summed E-state index contributed by atoms with van der Waals surface area (Å²) in [5, 5.41) is 43.6. The Morgan fingerprint density at radius 3 is 1.24 bits per heavy atom. The van der Waals surface area contributed by atoms with Gasteiger partial charge in [-0.1, -0.05) is 172 Å². The number of unbranched alkanes of at least 4 members (excludes halogenated alkanes) is 24. The molecule has 0 saturated carbocycles. The van der Waals surface area contributed by atoms with Crippen molar-refractivity contribution >= 4 is 5.91 Å². The molecular weight excluding hydrogens is 634 g/mol. The molecule has 6 nitrogen and oxygen atoms in total. The lowest BCUT2D eigenvalue weighted by molar-refractivity contribution is -0.132. The van der Waals surface area contributed by atoms with Crippen LogP contribution in [0.15, 0.2) is 36.5 Å². The topological polar surface area (TPSA) is 110 Å². The molecule has 0 aromatic rings. The van der Waals surface area contributed by atoms with E-state index in [4.69, 9.17) is 0 Å². The fourth-order valence-electron chi connectivity index (χ4n) is 6.53. The highest BCUT2D eigenvalue weighted by molar-refractivity contribution is 5.80. The number of amides is 1. The second kappa shape index (κ2) is 39.7. The zero-order chi connectivity index (χ0) is 37.5. The van der Waals surface area contributed by atoms with Gasteiger partial charge in [0.2, 0.25) is 5.91 Å². The molecule has 4 unspecified atom stereocenters. The molecular formula is C45H85NO5. The third kappa shape index (κ3) is 34.1.